The summed E-state index contributed by atoms with van der Waals surface area (Å²) in [7, 11) is 1.71. The van der Waals surface area contributed by atoms with Gasteiger partial charge in [0.1, 0.15) is 0 Å². The van der Waals surface area contributed by atoms with E-state index in [1.807, 2.05) is 0 Å². The standard InChI is InChI=1S/C11H22N2O2/c1-9-3-5-10(6-4-9)12-11(15)13(2)7-8-14/h9-10,14H,3-8H2,1-2H3,(H,12,15). The van der Waals surface area contributed by atoms with E-state index >= 15 is 0 Å². The van der Waals surface area contributed by atoms with Crippen LogP contribution in [-0.2, 0) is 0 Å². The molecule has 0 aliphatic heterocycles. The Balaban J connectivity index is 2.25. The van der Waals surface area contributed by atoms with E-state index in [4.69, 9.17) is 5.11 Å². The van der Waals surface area contributed by atoms with Gasteiger partial charge in [-0.2, -0.15) is 0 Å². The molecule has 1 aliphatic rings. The van der Waals surface area contributed by atoms with Crippen molar-refractivity contribution in [3.8, 4) is 0 Å². The molecular weight excluding hydrogens is 192 g/mol. The number of aliphatic hydroxyl groups is 1. The minimum absolute atomic E-state index is 0.0195. The van der Waals surface area contributed by atoms with Crippen molar-refractivity contribution in [3.05, 3.63) is 0 Å². The predicted octanol–water partition coefficient (Wildman–Crippen LogP) is 1.20. The number of carbonyl (C=O) groups is 1. The maximum Gasteiger partial charge on any atom is 0.317 e. The van der Waals surface area contributed by atoms with Gasteiger partial charge in [0.15, 0.2) is 0 Å². The molecule has 1 aliphatic carbocycles. The molecule has 0 spiro atoms. The Morgan fingerprint density at radius 1 is 1.40 bits per heavy atom. The van der Waals surface area contributed by atoms with Crippen molar-refractivity contribution < 1.29 is 9.90 Å². The fourth-order valence-corrected chi connectivity index (χ4v) is 1.94. The van der Waals surface area contributed by atoms with Gasteiger partial charge >= 0.3 is 6.03 Å². The second-order valence-electron chi connectivity index (χ2n) is 4.55. The molecule has 0 unspecified atom stereocenters. The van der Waals surface area contributed by atoms with Crippen molar-refractivity contribution in [3.63, 3.8) is 0 Å². The lowest BCUT2D eigenvalue weighted by Gasteiger charge is -2.28. The highest BCUT2D eigenvalue weighted by Crippen LogP contribution is 2.23. The van der Waals surface area contributed by atoms with Gasteiger partial charge < -0.3 is 15.3 Å². The van der Waals surface area contributed by atoms with E-state index in [-0.39, 0.29) is 12.6 Å². The lowest BCUT2D eigenvalue weighted by Crippen LogP contribution is -2.45. The largest absolute Gasteiger partial charge is 0.395 e. The van der Waals surface area contributed by atoms with Gasteiger partial charge in [0.25, 0.3) is 0 Å². The molecule has 0 aromatic heterocycles. The quantitative estimate of drug-likeness (QED) is 0.741. The summed E-state index contributed by atoms with van der Waals surface area (Å²) < 4.78 is 0. The topological polar surface area (TPSA) is 52.6 Å². The Kier molecular flexibility index (Phi) is 4.88. The van der Waals surface area contributed by atoms with Crippen LogP contribution in [0.5, 0.6) is 0 Å². The molecule has 1 rings (SSSR count). The molecule has 1 saturated carbocycles. The molecule has 0 saturated heterocycles. The second kappa shape index (κ2) is 5.95. The second-order valence-corrected chi connectivity index (χ2v) is 4.55. The summed E-state index contributed by atoms with van der Waals surface area (Å²) in [5.74, 6) is 0.799. The summed E-state index contributed by atoms with van der Waals surface area (Å²) in [4.78, 5) is 13.1. The molecule has 4 heteroatoms. The number of nitrogens with one attached hydrogen (secondary N) is 1. The lowest BCUT2D eigenvalue weighted by molar-refractivity contribution is 0.182. The molecule has 15 heavy (non-hydrogen) atoms. The molecule has 0 aromatic carbocycles. The van der Waals surface area contributed by atoms with Gasteiger partial charge in [-0.3, -0.25) is 0 Å². The van der Waals surface area contributed by atoms with Crippen molar-refractivity contribution in [2.45, 2.75) is 38.6 Å². The van der Waals surface area contributed by atoms with Gasteiger partial charge in [0.05, 0.1) is 6.61 Å². The van der Waals surface area contributed by atoms with Gasteiger partial charge in [-0.15, -0.1) is 0 Å². The zero-order valence-corrected chi connectivity index (χ0v) is 9.70. The molecule has 1 fully saturated rings. The third kappa shape index (κ3) is 4.08. The maximum absolute atomic E-state index is 11.6. The minimum atomic E-state index is -0.0661. The van der Waals surface area contributed by atoms with Crippen LogP contribution in [0.4, 0.5) is 4.79 Å². The Hall–Kier alpha value is -0.770. The highest BCUT2D eigenvalue weighted by atomic mass is 16.3. The number of urea groups is 1. The number of carbonyl (C=O) groups excluding carboxylic acids is 1. The zero-order chi connectivity index (χ0) is 11.3. The molecule has 0 radical (unpaired) electrons. The third-order valence-corrected chi connectivity index (χ3v) is 3.13. The van der Waals surface area contributed by atoms with Gasteiger partial charge in [-0.25, -0.2) is 4.79 Å². The highest BCUT2D eigenvalue weighted by Gasteiger charge is 2.20. The summed E-state index contributed by atoms with van der Waals surface area (Å²) in [6, 6.07) is 0.262. The zero-order valence-electron chi connectivity index (χ0n) is 9.70. The van der Waals surface area contributed by atoms with Crippen molar-refractivity contribution in [2.75, 3.05) is 20.2 Å². The fraction of sp³-hybridized carbons (Fsp3) is 0.909. The number of aliphatic hydroxyl groups excluding tert-OH is 1. The first-order valence-corrected chi connectivity index (χ1v) is 5.76. The van der Waals surface area contributed by atoms with Crippen molar-refractivity contribution >= 4 is 6.03 Å². The van der Waals surface area contributed by atoms with Gasteiger partial charge in [-0.1, -0.05) is 6.92 Å². The summed E-state index contributed by atoms with van der Waals surface area (Å²) >= 11 is 0. The fourth-order valence-electron chi connectivity index (χ4n) is 1.94. The first-order valence-electron chi connectivity index (χ1n) is 5.76. The Morgan fingerprint density at radius 3 is 2.53 bits per heavy atom. The van der Waals surface area contributed by atoms with E-state index in [1.54, 1.807) is 7.05 Å². The molecule has 0 bridgehead atoms. The summed E-state index contributed by atoms with van der Waals surface area (Å²) in [6.07, 6.45) is 4.57. The summed E-state index contributed by atoms with van der Waals surface area (Å²) in [6.45, 7) is 2.68. The monoisotopic (exact) mass is 214 g/mol. The van der Waals surface area contributed by atoms with Crippen LogP contribution in [0.25, 0.3) is 0 Å². The Labute approximate surface area is 91.6 Å². The number of rotatable bonds is 3. The summed E-state index contributed by atoms with van der Waals surface area (Å²) in [5.41, 5.74) is 0. The Morgan fingerprint density at radius 2 is 2.00 bits per heavy atom. The van der Waals surface area contributed by atoms with Crippen LogP contribution < -0.4 is 5.32 Å². The molecule has 0 heterocycles. The number of nitrogens with zero attached hydrogens (tertiary/aromatic N) is 1. The number of likely N-dealkylation sites (N-methyl/N-ethyl adjacent to an activating group) is 1. The van der Waals surface area contributed by atoms with E-state index in [9.17, 15) is 4.79 Å². The van der Waals surface area contributed by atoms with Crippen LogP contribution in [0, 0.1) is 5.92 Å². The predicted molar refractivity (Wildman–Crippen MR) is 59.7 cm³/mol. The first kappa shape index (κ1) is 12.3. The number of hydrogen-bond acceptors (Lipinski definition) is 2. The first-order chi connectivity index (χ1) is 7.13. The van der Waals surface area contributed by atoms with Crippen LogP contribution in [0.3, 0.4) is 0 Å². The molecule has 2 amide bonds. The molecule has 2 N–H and O–H groups in total. The van der Waals surface area contributed by atoms with E-state index in [0.717, 1.165) is 18.8 Å². The average molecular weight is 214 g/mol. The van der Waals surface area contributed by atoms with Crippen LogP contribution >= 0.6 is 0 Å². The van der Waals surface area contributed by atoms with Crippen molar-refractivity contribution in [1.82, 2.24) is 10.2 Å². The van der Waals surface area contributed by atoms with Crippen LogP contribution in [-0.4, -0.2) is 42.3 Å². The molecule has 0 atom stereocenters. The average Bonchev–Trinajstić information content (AvgIpc) is 2.22. The molecule has 4 nitrogen and oxygen atoms in total. The van der Waals surface area contributed by atoms with E-state index in [0.29, 0.717) is 12.6 Å². The van der Waals surface area contributed by atoms with Crippen LogP contribution in [0.15, 0.2) is 0 Å². The number of hydrogen-bond donors (Lipinski definition) is 2. The minimum Gasteiger partial charge on any atom is -0.395 e. The van der Waals surface area contributed by atoms with Gasteiger partial charge in [-0.05, 0) is 31.6 Å². The number of amides is 2. The van der Waals surface area contributed by atoms with E-state index in [2.05, 4.69) is 12.2 Å². The normalized spacial score (nSPS) is 26.1. The summed E-state index contributed by atoms with van der Waals surface area (Å²) in [5, 5.41) is 11.7. The molecular formula is C11H22N2O2. The Bertz CT molecular complexity index is 201. The van der Waals surface area contributed by atoms with Crippen LogP contribution in [0.1, 0.15) is 32.6 Å². The SMILES string of the molecule is CC1CCC(NC(=O)N(C)CCO)CC1. The smallest absolute Gasteiger partial charge is 0.317 e. The van der Waals surface area contributed by atoms with Crippen molar-refractivity contribution in [1.29, 1.82) is 0 Å². The van der Waals surface area contributed by atoms with Gasteiger partial charge in [0, 0.05) is 19.6 Å². The van der Waals surface area contributed by atoms with Crippen molar-refractivity contribution in [2.24, 2.45) is 5.92 Å². The maximum atomic E-state index is 11.6. The molecule has 0 aromatic rings. The van der Waals surface area contributed by atoms with Gasteiger partial charge in [0.2, 0.25) is 0 Å². The highest BCUT2D eigenvalue weighted by molar-refractivity contribution is 5.74. The van der Waals surface area contributed by atoms with E-state index in [1.165, 1.54) is 17.7 Å². The van der Waals surface area contributed by atoms with E-state index < -0.39 is 0 Å². The molecule has 88 valence electrons. The van der Waals surface area contributed by atoms with Crippen LogP contribution in [0.2, 0.25) is 0 Å². The lowest BCUT2D eigenvalue weighted by atomic mass is 9.87. The third-order valence-electron chi connectivity index (χ3n) is 3.13.